The first-order valence-corrected chi connectivity index (χ1v) is 4.25. The largest absolute Gasteiger partial charge is 0.296 e. The maximum absolute atomic E-state index is 10.5. The van der Waals surface area contributed by atoms with Gasteiger partial charge in [0.2, 0.25) is 0 Å². The molecule has 0 fully saturated rings. The minimum atomic E-state index is 0.398. The van der Waals surface area contributed by atoms with Gasteiger partial charge in [-0.3, -0.25) is 9.20 Å². The van der Waals surface area contributed by atoms with Crippen molar-refractivity contribution in [2.24, 2.45) is 0 Å². The molecule has 0 aliphatic rings. The van der Waals surface area contributed by atoms with E-state index in [1.165, 1.54) is 6.20 Å². The third-order valence-electron chi connectivity index (χ3n) is 1.70. The maximum atomic E-state index is 10.5. The lowest BCUT2D eigenvalue weighted by Crippen LogP contribution is -1.90. The molecule has 5 heteroatoms. The Labute approximate surface area is 83.9 Å². The summed E-state index contributed by atoms with van der Waals surface area (Å²) in [5, 5.41) is 0.826. The molecule has 3 nitrogen and oxygen atoms in total. The molecule has 2 heterocycles. The van der Waals surface area contributed by atoms with Crippen LogP contribution in [0.4, 0.5) is 0 Å². The fourth-order valence-electron chi connectivity index (χ4n) is 1.08. The van der Waals surface area contributed by atoms with E-state index >= 15 is 0 Å². The summed E-state index contributed by atoms with van der Waals surface area (Å²) < 4.78 is 1.58. The van der Waals surface area contributed by atoms with Gasteiger partial charge in [0, 0.05) is 12.3 Å². The minimum Gasteiger partial charge on any atom is -0.296 e. The fraction of sp³-hybridized carbons (Fsp3) is 0. The van der Waals surface area contributed by atoms with Crippen molar-refractivity contribution in [1.29, 1.82) is 0 Å². The van der Waals surface area contributed by atoms with Crippen LogP contribution in [0.2, 0.25) is 10.0 Å². The molecule has 2 rings (SSSR count). The van der Waals surface area contributed by atoms with Crippen molar-refractivity contribution in [2.45, 2.75) is 0 Å². The lowest BCUT2D eigenvalue weighted by atomic mass is 10.4. The Morgan fingerprint density at radius 3 is 2.85 bits per heavy atom. The minimum absolute atomic E-state index is 0.398. The number of carbonyl (C=O) groups is 1. The first-order chi connectivity index (χ1) is 6.22. The van der Waals surface area contributed by atoms with Crippen LogP contribution in [0, 0.1) is 0 Å². The molecular formula is C8H4Cl2N2O. The number of pyridine rings is 1. The molecule has 0 bridgehead atoms. The zero-order valence-corrected chi connectivity index (χ0v) is 7.88. The summed E-state index contributed by atoms with van der Waals surface area (Å²) in [7, 11) is 0. The number of carbonyl (C=O) groups excluding carboxylic acids is 1. The SMILES string of the molecule is O=Cc1cnc2cc(Cl)c(Cl)cn12. The lowest BCUT2D eigenvalue weighted by Gasteiger charge is -1.98. The Morgan fingerprint density at radius 1 is 1.38 bits per heavy atom. The van der Waals surface area contributed by atoms with Crippen LogP contribution < -0.4 is 0 Å². The van der Waals surface area contributed by atoms with Crippen LogP contribution in [0.1, 0.15) is 10.5 Å². The summed E-state index contributed by atoms with van der Waals surface area (Å²) >= 11 is 11.5. The second-order valence-electron chi connectivity index (χ2n) is 2.50. The van der Waals surface area contributed by atoms with Crippen molar-refractivity contribution >= 4 is 35.1 Å². The number of aldehydes is 1. The summed E-state index contributed by atoms with van der Waals surface area (Å²) in [6.07, 6.45) is 3.75. The molecule has 0 saturated carbocycles. The first-order valence-electron chi connectivity index (χ1n) is 3.49. The van der Waals surface area contributed by atoms with Gasteiger partial charge in [0.25, 0.3) is 0 Å². The highest BCUT2D eigenvalue weighted by molar-refractivity contribution is 6.42. The molecule has 13 heavy (non-hydrogen) atoms. The summed E-state index contributed by atoms with van der Waals surface area (Å²) in [6.45, 7) is 0. The molecular weight excluding hydrogens is 211 g/mol. The van der Waals surface area contributed by atoms with Crippen molar-refractivity contribution in [1.82, 2.24) is 9.38 Å². The van der Waals surface area contributed by atoms with Gasteiger partial charge in [-0.05, 0) is 0 Å². The summed E-state index contributed by atoms with van der Waals surface area (Å²) in [6, 6.07) is 1.61. The van der Waals surface area contributed by atoms with Crippen molar-refractivity contribution in [3.63, 3.8) is 0 Å². The zero-order valence-electron chi connectivity index (χ0n) is 6.37. The molecule has 0 aliphatic carbocycles. The Balaban J connectivity index is 2.84. The van der Waals surface area contributed by atoms with Crippen molar-refractivity contribution < 1.29 is 4.79 Å². The van der Waals surface area contributed by atoms with E-state index < -0.39 is 0 Å². The van der Waals surface area contributed by atoms with Crippen molar-refractivity contribution in [3.05, 3.63) is 34.2 Å². The third-order valence-corrected chi connectivity index (χ3v) is 2.41. The molecule has 0 spiro atoms. The number of aromatic nitrogens is 2. The van der Waals surface area contributed by atoms with Gasteiger partial charge in [-0.25, -0.2) is 4.98 Å². The number of halogens is 2. The van der Waals surface area contributed by atoms with Gasteiger partial charge in [-0.2, -0.15) is 0 Å². The molecule has 0 amide bonds. The van der Waals surface area contributed by atoms with Gasteiger partial charge in [-0.1, -0.05) is 23.2 Å². The third kappa shape index (κ3) is 1.30. The molecule has 0 radical (unpaired) electrons. The van der Waals surface area contributed by atoms with Crippen molar-refractivity contribution in [2.75, 3.05) is 0 Å². The van der Waals surface area contributed by atoms with Crippen molar-refractivity contribution in [3.8, 4) is 0 Å². The van der Waals surface area contributed by atoms with Gasteiger partial charge in [0.1, 0.15) is 11.3 Å². The normalized spacial score (nSPS) is 10.6. The highest BCUT2D eigenvalue weighted by Crippen LogP contribution is 2.23. The molecule has 0 atom stereocenters. The molecule has 0 unspecified atom stereocenters. The van der Waals surface area contributed by atoms with Crippen LogP contribution in [0.3, 0.4) is 0 Å². The second kappa shape index (κ2) is 3.01. The van der Waals surface area contributed by atoms with E-state index in [9.17, 15) is 4.79 Å². The second-order valence-corrected chi connectivity index (χ2v) is 3.31. The van der Waals surface area contributed by atoms with Crippen LogP contribution in [0.5, 0.6) is 0 Å². The Kier molecular flexibility index (Phi) is 1.98. The average Bonchev–Trinajstić information content (AvgIpc) is 2.48. The highest BCUT2D eigenvalue weighted by Gasteiger charge is 2.05. The van der Waals surface area contributed by atoms with E-state index in [1.54, 1.807) is 16.7 Å². The smallest absolute Gasteiger partial charge is 0.168 e. The molecule has 0 saturated heterocycles. The average molecular weight is 215 g/mol. The molecule has 2 aromatic heterocycles. The van der Waals surface area contributed by atoms with E-state index in [4.69, 9.17) is 23.2 Å². The van der Waals surface area contributed by atoms with Gasteiger partial charge in [-0.15, -0.1) is 0 Å². The summed E-state index contributed by atoms with van der Waals surface area (Å²) in [5.41, 5.74) is 1.06. The number of hydrogen-bond donors (Lipinski definition) is 0. The Bertz CT molecular complexity index is 478. The van der Waals surface area contributed by atoms with Gasteiger partial charge in [0.05, 0.1) is 16.2 Å². The fourth-order valence-corrected chi connectivity index (χ4v) is 1.38. The standard InChI is InChI=1S/C8H4Cl2N2O/c9-6-1-8-11-2-5(4-13)12(8)3-7(6)10/h1-4H. The monoisotopic (exact) mass is 214 g/mol. The predicted octanol–water partition coefficient (Wildman–Crippen LogP) is 2.45. The quantitative estimate of drug-likeness (QED) is 0.684. The van der Waals surface area contributed by atoms with Gasteiger partial charge >= 0.3 is 0 Å². The number of imidazole rings is 1. The lowest BCUT2D eigenvalue weighted by molar-refractivity contribution is 0.111. The van der Waals surface area contributed by atoms with E-state index in [0.717, 1.165) is 0 Å². The number of rotatable bonds is 1. The van der Waals surface area contributed by atoms with Gasteiger partial charge < -0.3 is 0 Å². The molecule has 0 N–H and O–H groups in total. The topological polar surface area (TPSA) is 34.4 Å². The summed E-state index contributed by atoms with van der Waals surface area (Å²) in [4.78, 5) is 14.5. The Hall–Kier alpha value is -1.06. The van der Waals surface area contributed by atoms with E-state index in [2.05, 4.69) is 4.98 Å². The Morgan fingerprint density at radius 2 is 2.15 bits per heavy atom. The zero-order chi connectivity index (χ0) is 9.42. The number of fused-ring (bicyclic) bond motifs is 1. The first kappa shape index (κ1) is 8.53. The van der Waals surface area contributed by atoms with Crippen LogP contribution >= 0.6 is 23.2 Å². The van der Waals surface area contributed by atoms with E-state index in [-0.39, 0.29) is 0 Å². The molecule has 66 valence electrons. The number of hydrogen-bond acceptors (Lipinski definition) is 2. The van der Waals surface area contributed by atoms with Gasteiger partial charge in [0.15, 0.2) is 6.29 Å². The van der Waals surface area contributed by atoms with E-state index in [1.807, 2.05) is 0 Å². The molecule has 0 aliphatic heterocycles. The molecule has 0 aromatic carbocycles. The van der Waals surface area contributed by atoms with Crippen LogP contribution in [-0.4, -0.2) is 15.7 Å². The number of nitrogens with zero attached hydrogens (tertiary/aromatic N) is 2. The van der Waals surface area contributed by atoms with Crippen LogP contribution in [0.15, 0.2) is 18.5 Å². The van der Waals surface area contributed by atoms with Crippen LogP contribution in [-0.2, 0) is 0 Å². The predicted molar refractivity (Wildman–Crippen MR) is 50.6 cm³/mol. The highest BCUT2D eigenvalue weighted by atomic mass is 35.5. The molecule has 2 aromatic rings. The summed E-state index contributed by atoms with van der Waals surface area (Å²) in [5.74, 6) is 0. The van der Waals surface area contributed by atoms with E-state index in [0.29, 0.717) is 27.7 Å². The van der Waals surface area contributed by atoms with Crippen LogP contribution in [0.25, 0.3) is 5.65 Å². The maximum Gasteiger partial charge on any atom is 0.168 e.